The Kier molecular flexibility index (Phi) is 4.76. The van der Waals surface area contributed by atoms with Gasteiger partial charge in [-0.3, -0.25) is 0 Å². The summed E-state index contributed by atoms with van der Waals surface area (Å²) in [6.45, 7) is 2.34. The van der Waals surface area contributed by atoms with Gasteiger partial charge in [0, 0.05) is 10.4 Å². The number of benzene rings is 1. The third-order valence-electron chi connectivity index (χ3n) is 3.94. The van der Waals surface area contributed by atoms with Crippen LogP contribution in [0.15, 0.2) is 24.3 Å². The number of alkyl halides is 1. The van der Waals surface area contributed by atoms with Crippen LogP contribution in [0.5, 0.6) is 0 Å². The van der Waals surface area contributed by atoms with E-state index in [0.29, 0.717) is 5.92 Å². The molecule has 1 fully saturated rings. The van der Waals surface area contributed by atoms with E-state index in [9.17, 15) is 0 Å². The van der Waals surface area contributed by atoms with E-state index in [1.54, 1.807) is 0 Å². The van der Waals surface area contributed by atoms with Gasteiger partial charge in [-0.1, -0.05) is 49.6 Å². The third kappa shape index (κ3) is 3.63. The van der Waals surface area contributed by atoms with Crippen LogP contribution in [0.3, 0.4) is 0 Å². The average Bonchev–Trinajstić information content (AvgIpc) is 2.33. The fourth-order valence-corrected chi connectivity index (χ4v) is 3.32. The molecule has 0 nitrogen and oxygen atoms in total. The van der Waals surface area contributed by atoms with Crippen molar-refractivity contribution in [1.82, 2.24) is 0 Å². The molecule has 2 heteroatoms. The predicted octanol–water partition coefficient (Wildman–Crippen LogP) is 5.32. The molecule has 0 N–H and O–H groups in total. The normalized spacial score (nSPS) is 26.8. The van der Waals surface area contributed by atoms with Gasteiger partial charge in [0.1, 0.15) is 0 Å². The van der Waals surface area contributed by atoms with Crippen LogP contribution in [0, 0.1) is 11.8 Å². The minimum Gasteiger partial charge on any atom is -0.122 e. The smallest absolute Gasteiger partial charge is 0.0438 e. The van der Waals surface area contributed by atoms with Crippen molar-refractivity contribution >= 4 is 23.2 Å². The molecule has 94 valence electrons. The van der Waals surface area contributed by atoms with Gasteiger partial charge in [0.2, 0.25) is 0 Å². The Labute approximate surface area is 114 Å². The molecule has 0 aliphatic heterocycles. The van der Waals surface area contributed by atoms with Crippen LogP contribution in [0.25, 0.3) is 0 Å². The maximum Gasteiger partial charge on any atom is 0.0438 e. The van der Waals surface area contributed by atoms with Crippen molar-refractivity contribution in [3.63, 3.8) is 0 Å². The van der Waals surface area contributed by atoms with Gasteiger partial charge in [0.05, 0.1) is 0 Å². The summed E-state index contributed by atoms with van der Waals surface area (Å²) in [5.74, 6) is 1.56. The van der Waals surface area contributed by atoms with E-state index < -0.39 is 0 Å². The largest absolute Gasteiger partial charge is 0.122 e. The van der Waals surface area contributed by atoms with Crippen molar-refractivity contribution in [3.8, 4) is 0 Å². The van der Waals surface area contributed by atoms with Gasteiger partial charge < -0.3 is 0 Å². The number of rotatable bonds is 3. The van der Waals surface area contributed by atoms with Crippen LogP contribution < -0.4 is 0 Å². The molecule has 0 spiro atoms. The highest BCUT2D eigenvalue weighted by Gasteiger charge is 2.25. The molecular formula is C15H20Cl2. The summed E-state index contributed by atoms with van der Waals surface area (Å²) in [6.07, 6.45) is 6.12. The Balaban J connectivity index is 1.93. The molecule has 0 heterocycles. The fraction of sp³-hybridized carbons (Fsp3) is 0.600. The van der Waals surface area contributed by atoms with E-state index in [0.717, 1.165) is 17.4 Å². The zero-order valence-corrected chi connectivity index (χ0v) is 11.8. The predicted molar refractivity (Wildman–Crippen MR) is 75.9 cm³/mol. The topological polar surface area (TPSA) is 0 Å². The van der Waals surface area contributed by atoms with Gasteiger partial charge in [0.15, 0.2) is 0 Å². The van der Waals surface area contributed by atoms with Crippen LogP contribution in [-0.2, 0) is 6.42 Å². The van der Waals surface area contributed by atoms with Gasteiger partial charge in [0.25, 0.3) is 0 Å². The fourth-order valence-electron chi connectivity index (χ4n) is 2.69. The molecule has 0 aromatic heterocycles. The SMILES string of the molecule is CC1CCC(C(Cl)Cc2ccccc2Cl)CC1. The highest BCUT2D eigenvalue weighted by atomic mass is 35.5. The Hall–Kier alpha value is -0.200. The molecule has 1 atom stereocenters. The van der Waals surface area contributed by atoms with Crippen molar-refractivity contribution in [2.45, 2.75) is 44.4 Å². The van der Waals surface area contributed by atoms with E-state index >= 15 is 0 Å². The van der Waals surface area contributed by atoms with E-state index in [2.05, 4.69) is 13.0 Å². The molecule has 0 saturated heterocycles. The van der Waals surface area contributed by atoms with Crippen molar-refractivity contribution in [1.29, 1.82) is 0 Å². The number of hydrogen-bond acceptors (Lipinski definition) is 0. The Morgan fingerprint density at radius 3 is 2.47 bits per heavy atom. The molecule has 1 aliphatic rings. The lowest BCUT2D eigenvalue weighted by Crippen LogP contribution is -2.23. The summed E-state index contributed by atoms with van der Waals surface area (Å²) in [7, 11) is 0. The Morgan fingerprint density at radius 1 is 1.18 bits per heavy atom. The van der Waals surface area contributed by atoms with Gasteiger partial charge in [-0.25, -0.2) is 0 Å². The first-order chi connectivity index (χ1) is 8.16. The molecule has 0 radical (unpaired) electrons. The molecular weight excluding hydrogens is 251 g/mol. The van der Waals surface area contributed by atoms with Gasteiger partial charge in [-0.2, -0.15) is 0 Å². The van der Waals surface area contributed by atoms with Crippen LogP contribution in [-0.4, -0.2) is 5.38 Å². The Morgan fingerprint density at radius 2 is 1.82 bits per heavy atom. The number of hydrogen-bond donors (Lipinski definition) is 0. The van der Waals surface area contributed by atoms with E-state index in [4.69, 9.17) is 23.2 Å². The van der Waals surface area contributed by atoms with Crippen LogP contribution in [0.2, 0.25) is 5.02 Å². The quantitative estimate of drug-likeness (QED) is 0.653. The highest BCUT2D eigenvalue weighted by Crippen LogP contribution is 2.34. The lowest BCUT2D eigenvalue weighted by atomic mass is 9.80. The maximum atomic E-state index is 6.56. The minimum absolute atomic E-state index is 0.238. The molecule has 1 aliphatic carbocycles. The molecule has 0 amide bonds. The molecule has 1 saturated carbocycles. The molecule has 17 heavy (non-hydrogen) atoms. The second-order valence-electron chi connectivity index (χ2n) is 5.33. The minimum atomic E-state index is 0.238. The monoisotopic (exact) mass is 270 g/mol. The van der Waals surface area contributed by atoms with E-state index in [-0.39, 0.29) is 5.38 Å². The lowest BCUT2D eigenvalue weighted by Gasteiger charge is -2.29. The summed E-state index contributed by atoms with van der Waals surface area (Å²) in [5, 5.41) is 1.09. The third-order valence-corrected chi connectivity index (χ3v) is 4.82. The second-order valence-corrected chi connectivity index (χ2v) is 6.30. The first-order valence-electron chi connectivity index (χ1n) is 6.54. The van der Waals surface area contributed by atoms with Gasteiger partial charge >= 0.3 is 0 Å². The summed E-state index contributed by atoms with van der Waals surface area (Å²) in [5.41, 5.74) is 1.19. The van der Waals surface area contributed by atoms with Crippen molar-refractivity contribution in [2.75, 3.05) is 0 Å². The molecule has 1 aromatic carbocycles. The van der Waals surface area contributed by atoms with Crippen LogP contribution >= 0.6 is 23.2 Å². The summed E-state index contributed by atoms with van der Waals surface area (Å²) in [6, 6.07) is 8.04. The molecule has 1 unspecified atom stereocenters. The molecule has 1 aromatic rings. The summed E-state index contributed by atoms with van der Waals surface area (Å²) < 4.78 is 0. The molecule has 2 rings (SSSR count). The van der Waals surface area contributed by atoms with Crippen molar-refractivity contribution < 1.29 is 0 Å². The second kappa shape index (κ2) is 6.11. The van der Waals surface area contributed by atoms with E-state index in [1.165, 1.54) is 31.2 Å². The first-order valence-corrected chi connectivity index (χ1v) is 7.35. The summed E-state index contributed by atoms with van der Waals surface area (Å²) >= 11 is 12.7. The standard InChI is InChI=1S/C15H20Cl2/c1-11-6-8-12(9-7-11)15(17)10-13-4-2-3-5-14(13)16/h2-5,11-12,15H,6-10H2,1H3. The lowest BCUT2D eigenvalue weighted by molar-refractivity contribution is 0.281. The van der Waals surface area contributed by atoms with Crippen LogP contribution in [0.4, 0.5) is 0 Å². The van der Waals surface area contributed by atoms with Crippen molar-refractivity contribution in [2.24, 2.45) is 11.8 Å². The van der Waals surface area contributed by atoms with E-state index in [1.807, 2.05) is 18.2 Å². The zero-order valence-electron chi connectivity index (χ0n) is 10.3. The van der Waals surface area contributed by atoms with Gasteiger partial charge in [-0.05, 0) is 42.7 Å². The Bertz CT molecular complexity index is 354. The average molecular weight is 271 g/mol. The molecule has 0 bridgehead atoms. The van der Waals surface area contributed by atoms with Crippen LogP contribution in [0.1, 0.15) is 38.2 Å². The maximum absolute atomic E-state index is 6.56. The number of halogens is 2. The zero-order chi connectivity index (χ0) is 12.3. The van der Waals surface area contributed by atoms with Crippen molar-refractivity contribution in [3.05, 3.63) is 34.9 Å². The first kappa shape index (κ1) is 13.2. The summed E-state index contributed by atoms with van der Waals surface area (Å²) in [4.78, 5) is 0. The highest BCUT2D eigenvalue weighted by molar-refractivity contribution is 6.31. The van der Waals surface area contributed by atoms with Gasteiger partial charge in [-0.15, -0.1) is 11.6 Å².